The van der Waals surface area contributed by atoms with Crippen LogP contribution in [-0.4, -0.2) is 0 Å². The molecule has 0 saturated carbocycles. The molecular weight excluding hydrogens is 741 g/mol. The van der Waals surface area contributed by atoms with Gasteiger partial charge < -0.3 is 0 Å². The Bertz CT molecular complexity index is 1320. The maximum absolute atomic E-state index is 5.96. The SMILES string of the molecule is SP12([n+]3ccccc3)SP3(S)([n+]4ccccc4)SP(S)([n+]4ccccc4)(S1)SP(S)([n+]1ccccc1)(S2)S3. The number of hydrogen-bond donors (Lipinski definition) is 4. The summed E-state index contributed by atoms with van der Waals surface area (Å²) in [5.74, 6) is 0. The molecule has 8 heterocycles. The molecule has 0 radical (unpaired) electrons. The van der Waals surface area contributed by atoms with Crippen LogP contribution in [0.5, 0.6) is 0 Å². The molecule has 4 saturated heterocycles. The van der Waals surface area contributed by atoms with Crippen LogP contribution in [0.25, 0.3) is 0 Å². The van der Waals surface area contributed by atoms with Gasteiger partial charge in [0.2, 0.25) is 0 Å². The molecule has 4 fully saturated rings. The number of pyridine rings is 4. The van der Waals surface area contributed by atoms with Gasteiger partial charge in [-0.05, 0) is 0 Å². The Labute approximate surface area is 266 Å². The van der Waals surface area contributed by atoms with Crippen LogP contribution in [0.15, 0.2) is 122 Å². The second kappa shape index (κ2) is 8.72. The van der Waals surface area contributed by atoms with Gasteiger partial charge in [-0.1, -0.05) is 0 Å². The van der Waals surface area contributed by atoms with Gasteiger partial charge in [-0.3, -0.25) is 0 Å². The van der Waals surface area contributed by atoms with Crippen LogP contribution >= 0.6 is 129 Å². The Balaban J connectivity index is 1.69. The van der Waals surface area contributed by atoms with Crippen LogP contribution in [0.3, 0.4) is 0 Å². The minimum absolute atomic E-state index is 1.99. The molecule has 0 amide bonds. The van der Waals surface area contributed by atoms with E-state index in [9.17, 15) is 0 Å². The van der Waals surface area contributed by atoms with Crippen molar-refractivity contribution in [3.05, 3.63) is 122 Å². The van der Waals surface area contributed by atoms with E-state index in [-0.39, 0.29) is 0 Å². The van der Waals surface area contributed by atoms with Crippen molar-refractivity contribution in [2.45, 2.75) is 0 Å². The second-order valence-corrected chi connectivity index (χ2v) is 82.7. The summed E-state index contributed by atoms with van der Waals surface area (Å²) in [5.41, 5.74) is 0. The van der Waals surface area contributed by atoms with Gasteiger partial charge in [0, 0.05) is 0 Å². The van der Waals surface area contributed by atoms with E-state index in [1.54, 1.807) is 0 Å². The Morgan fingerprint density at radius 2 is 0.447 bits per heavy atom. The molecule has 4 aliphatic heterocycles. The van der Waals surface area contributed by atoms with Gasteiger partial charge in [-0.25, -0.2) is 0 Å². The van der Waals surface area contributed by atoms with E-state index in [1.165, 1.54) is 0 Å². The van der Waals surface area contributed by atoms with Gasteiger partial charge in [0.15, 0.2) is 0 Å². The quantitative estimate of drug-likeness (QED) is 0.121. The van der Waals surface area contributed by atoms with Gasteiger partial charge >= 0.3 is 269 Å². The maximum atomic E-state index is 5.96. The molecule has 0 aromatic carbocycles. The summed E-state index contributed by atoms with van der Waals surface area (Å²) >= 11 is 35.8. The van der Waals surface area contributed by atoms with Crippen LogP contribution in [0.1, 0.15) is 0 Å². The van der Waals surface area contributed by atoms with Crippen molar-refractivity contribution in [2.24, 2.45) is 0 Å². The van der Waals surface area contributed by atoms with Crippen LogP contribution in [0, 0.1) is 0 Å². The van der Waals surface area contributed by atoms with Crippen molar-refractivity contribution in [3.63, 3.8) is 0 Å². The van der Waals surface area contributed by atoms with E-state index in [0.717, 1.165) is 0 Å². The molecule has 0 atom stereocenters. The Morgan fingerprint density at radius 1 is 0.289 bits per heavy atom. The first-order chi connectivity index (χ1) is 17.9. The number of nitrogens with zero attached hydrogens (tertiary/aromatic N) is 4. The monoisotopic (exact) mass is 764 g/mol. The van der Waals surface area contributed by atoms with E-state index in [1.807, 2.05) is 66.0 Å². The number of hydrogen-bond acceptors (Lipinski definition) is 10. The van der Waals surface area contributed by atoms with Gasteiger partial charge in [-0.2, -0.15) is 0 Å². The molecule has 4 nitrogen and oxygen atoms in total. The topological polar surface area (TPSA) is 15.5 Å². The van der Waals surface area contributed by atoms with Gasteiger partial charge in [0.05, 0.1) is 0 Å². The van der Waals surface area contributed by atoms with E-state index < -0.39 is 14.2 Å². The van der Waals surface area contributed by atoms with E-state index >= 15 is 0 Å². The second-order valence-electron chi connectivity index (χ2n) is 8.72. The first kappa shape index (κ1) is 28.6. The molecular formula is C20H24N4P4S10+4. The predicted octanol–water partition coefficient (Wildman–Crippen LogP) is 10.0. The van der Waals surface area contributed by atoms with Crippen LogP contribution in [0.4, 0.5) is 0 Å². The Kier molecular flexibility index (Phi) is 6.56. The third-order valence-electron chi connectivity index (χ3n) is 6.02. The van der Waals surface area contributed by atoms with E-state index in [0.29, 0.717) is 0 Å². The van der Waals surface area contributed by atoms with Crippen molar-refractivity contribution < 1.29 is 17.4 Å². The standard InChI is InChI=1S/C20H24N4P4S10/c29-25(21-13-5-1-6-14-21)33-26(30,22-15-7-2-8-16-22)36-27(31,34-25,23-17-9-3-10-18-23)38-28(32,35-25,37-26)24-19-11-4-12-20-24/h1-20,29-32H/q+4. The molecule has 0 spiro atoms. The van der Waals surface area contributed by atoms with Gasteiger partial charge in [0.1, 0.15) is 0 Å². The van der Waals surface area contributed by atoms with Crippen molar-refractivity contribution in [3.8, 4) is 0 Å². The summed E-state index contributed by atoms with van der Waals surface area (Å²) in [6.45, 7) is 0. The third kappa shape index (κ3) is 3.96. The molecule has 4 aromatic rings. The molecule has 0 unspecified atom stereocenters. The van der Waals surface area contributed by atoms with E-state index in [4.69, 9.17) is 49.0 Å². The Hall–Kier alpha value is 1.82. The third-order valence-corrected chi connectivity index (χ3v) is 130. The van der Waals surface area contributed by atoms with Crippen molar-refractivity contribution in [2.75, 3.05) is 0 Å². The fourth-order valence-electron chi connectivity index (χ4n) is 4.57. The summed E-state index contributed by atoms with van der Waals surface area (Å²) in [7, 11) is 0. The number of rotatable bonds is 4. The average molecular weight is 765 g/mol. The molecule has 0 N–H and O–H groups in total. The summed E-state index contributed by atoms with van der Waals surface area (Å²) in [4.78, 5) is 0. The molecule has 8 rings (SSSR count). The first-order valence-corrected chi connectivity index (χ1v) is 36.7. The molecule has 4 aliphatic rings. The zero-order valence-electron chi connectivity index (χ0n) is 19.4. The summed E-state index contributed by atoms with van der Waals surface area (Å²) in [6, 6.07) is 25.1. The Morgan fingerprint density at radius 3 is 0.605 bits per heavy atom. The predicted molar refractivity (Wildman–Crippen MR) is 197 cm³/mol. The molecule has 200 valence electrons. The average Bonchev–Trinajstić information content (AvgIpc) is 2.89. The van der Waals surface area contributed by atoms with Crippen LogP contribution in [0.2, 0.25) is 0 Å². The number of thiol groups is 4. The minimum atomic E-state index is -3.35. The molecule has 4 bridgehead atoms. The fourth-order valence-corrected chi connectivity index (χ4v) is 305. The first-order valence-electron chi connectivity index (χ1n) is 11.2. The summed E-state index contributed by atoms with van der Waals surface area (Å²) in [5, 5.41) is 0. The normalized spacial score (nSPS) is 31.3. The van der Waals surface area contributed by atoms with Crippen molar-refractivity contribution in [1.29, 1.82) is 0 Å². The van der Waals surface area contributed by atoms with Crippen molar-refractivity contribution >= 4 is 129 Å². The van der Waals surface area contributed by atoms with Gasteiger partial charge in [-0.15, -0.1) is 0 Å². The van der Waals surface area contributed by atoms with Crippen LogP contribution < -0.4 is 17.4 Å². The number of aromatic nitrogens is 4. The van der Waals surface area contributed by atoms with Crippen molar-refractivity contribution in [1.82, 2.24) is 0 Å². The zero-order chi connectivity index (χ0) is 26.5. The molecule has 0 aliphatic carbocycles. The molecule has 38 heavy (non-hydrogen) atoms. The summed E-state index contributed by atoms with van der Waals surface area (Å²) in [6.07, 6.45) is 17.4. The molecule has 4 aromatic heterocycles. The van der Waals surface area contributed by atoms with Gasteiger partial charge in [0.25, 0.3) is 0 Å². The fraction of sp³-hybridized carbons (Fsp3) is 0. The van der Waals surface area contributed by atoms with E-state index in [2.05, 4.69) is 140 Å². The molecule has 18 heteroatoms. The summed E-state index contributed by atoms with van der Waals surface area (Å²) < 4.78 is -3.86. The van der Waals surface area contributed by atoms with Crippen LogP contribution in [-0.2, 0) is 0 Å². The zero-order valence-corrected chi connectivity index (χ0v) is 31.4.